The molecule has 0 atom stereocenters. The van der Waals surface area contributed by atoms with Gasteiger partial charge in [0.1, 0.15) is 11.5 Å². The third-order valence-electron chi connectivity index (χ3n) is 8.04. The summed E-state index contributed by atoms with van der Waals surface area (Å²) >= 11 is 0. The SMILES string of the molecule is C1=Cc2ccccc2/C=C/c2ccc3cccc(c3c2)-c2c3ccccc3c(c3ccccc23)Oc2cccc1c2. The first-order chi connectivity index (χ1) is 20.3. The van der Waals surface area contributed by atoms with Crippen LogP contribution in [0.1, 0.15) is 22.3 Å². The zero-order valence-corrected chi connectivity index (χ0v) is 22.4. The van der Waals surface area contributed by atoms with E-state index in [4.69, 9.17) is 4.74 Å². The van der Waals surface area contributed by atoms with Crippen LogP contribution in [0, 0.1) is 0 Å². The van der Waals surface area contributed by atoms with Crippen molar-refractivity contribution in [2.75, 3.05) is 0 Å². The summed E-state index contributed by atoms with van der Waals surface area (Å²) in [6.45, 7) is 0. The summed E-state index contributed by atoms with van der Waals surface area (Å²) in [7, 11) is 0. The maximum atomic E-state index is 6.78. The molecule has 2 aliphatic heterocycles. The van der Waals surface area contributed by atoms with Gasteiger partial charge in [-0.15, -0.1) is 0 Å². The van der Waals surface area contributed by atoms with Crippen molar-refractivity contribution in [1.82, 2.24) is 0 Å². The Morgan fingerprint density at radius 2 is 1.00 bits per heavy atom. The van der Waals surface area contributed by atoms with Crippen molar-refractivity contribution in [3.63, 3.8) is 0 Å². The Morgan fingerprint density at radius 3 is 1.71 bits per heavy atom. The van der Waals surface area contributed by atoms with E-state index in [9.17, 15) is 0 Å². The molecule has 0 saturated heterocycles. The molecule has 7 aromatic carbocycles. The van der Waals surface area contributed by atoms with Crippen LogP contribution >= 0.6 is 0 Å². The van der Waals surface area contributed by atoms with Crippen molar-refractivity contribution < 1.29 is 4.74 Å². The Bertz CT molecular complexity index is 2120. The third-order valence-corrected chi connectivity index (χ3v) is 8.04. The van der Waals surface area contributed by atoms with Crippen LogP contribution in [0.2, 0.25) is 0 Å². The largest absolute Gasteiger partial charge is 0.456 e. The second kappa shape index (κ2) is 9.66. The number of ether oxygens (including phenoxy) is 1. The quantitative estimate of drug-likeness (QED) is 0.180. The van der Waals surface area contributed by atoms with Gasteiger partial charge in [-0.1, -0.05) is 140 Å². The highest BCUT2D eigenvalue weighted by Gasteiger charge is 2.18. The van der Waals surface area contributed by atoms with Crippen molar-refractivity contribution in [3.05, 3.63) is 156 Å². The maximum Gasteiger partial charge on any atom is 0.143 e. The van der Waals surface area contributed by atoms with Crippen LogP contribution in [0.3, 0.4) is 0 Å². The summed E-state index contributed by atoms with van der Waals surface area (Å²) in [5.41, 5.74) is 7.07. The van der Waals surface area contributed by atoms with Gasteiger partial charge in [0.05, 0.1) is 0 Å². The lowest BCUT2D eigenvalue weighted by molar-refractivity contribution is 0.493. The van der Waals surface area contributed by atoms with Gasteiger partial charge in [-0.2, -0.15) is 0 Å². The lowest BCUT2D eigenvalue weighted by atomic mass is 9.88. The highest BCUT2D eigenvalue weighted by Crippen LogP contribution is 2.46. The summed E-state index contributed by atoms with van der Waals surface area (Å²) in [4.78, 5) is 0. The van der Waals surface area contributed by atoms with Crippen LogP contribution in [0.25, 0.3) is 67.7 Å². The minimum atomic E-state index is 0.819. The Kier molecular flexibility index (Phi) is 5.53. The molecule has 9 rings (SSSR count). The first kappa shape index (κ1) is 23.5. The number of rotatable bonds is 0. The predicted octanol–water partition coefficient (Wildman–Crippen LogP) is 11.3. The zero-order chi connectivity index (χ0) is 27.2. The van der Waals surface area contributed by atoms with Crippen LogP contribution in [0.15, 0.2) is 133 Å². The number of benzene rings is 7. The van der Waals surface area contributed by atoms with Gasteiger partial charge in [0.2, 0.25) is 0 Å². The average Bonchev–Trinajstić information content (AvgIpc) is 3.03. The number of hydrogen-bond donors (Lipinski definition) is 0. The van der Waals surface area contributed by atoms with Crippen LogP contribution in [-0.4, -0.2) is 0 Å². The van der Waals surface area contributed by atoms with E-state index < -0.39 is 0 Å². The van der Waals surface area contributed by atoms with Crippen molar-refractivity contribution >= 4 is 56.6 Å². The van der Waals surface area contributed by atoms with Crippen molar-refractivity contribution in [1.29, 1.82) is 0 Å². The smallest absolute Gasteiger partial charge is 0.143 e. The fourth-order valence-corrected chi connectivity index (χ4v) is 6.09. The Balaban J connectivity index is 1.50. The molecule has 2 heterocycles. The molecule has 6 bridgehead atoms. The molecule has 0 spiro atoms. The average molecular weight is 523 g/mol. The molecule has 0 N–H and O–H groups in total. The standard InChI is InChI=1S/C40H26O/c1-2-11-30-23-20-28-21-24-31-12-8-18-35(38(31)26-28)39-33-14-3-5-16-36(33)40(37-17-6-4-15-34(37)39)41-32-13-7-9-27(25-32)19-22-29(30)10-1/h1-26H/b22-19?,23-20+. The second-order valence-electron chi connectivity index (χ2n) is 10.6. The maximum absolute atomic E-state index is 6.78. The first-order valence-corrected chi connectivity index (χ1v) is 14.0. The van der Waals surface area contributed by atoms with E-state index in [0.29, 0.717) is 0 Å². The van der Waals surface area contributed by atoms with Gasteiger partial charge in [0, 0.05) is 10.8 Å². The van der Waals surface area contributed by atoms with Crippen LogP contribution < -0.4 is 4.74 Å². The summed E-state index contributed by atoms with van der Waals surface area (Å²) in [5.74, 6) is 1.70. The highest BCUT2D eigenvalue weighted by atomic mass is 16.5. The summed E-state index contributed by atoms with van der Waals surface area (Å²) in [6.07, 6.45) is 8.77. The topological polar surface area (TPSA) is 9.23 Å². The summed E-state index contributed by atoms with van der Waals surface area (Å²) in [5, 5.41) is 7.03. The molecule has 7 aromatic rings. The van der Waals surface area contributed by atoms with Gasteiger partial charge >= 0.3 is 0 Å². The van der Waals surface area contributed by atoms with E-state index in [1.807, 2.05) is 6.07 Å². The van der Waals surface area contributed by atoms with Gasteiger partial charge in [0.25, 0.3) is 0 Å². The lowest BCUT2D eigenvalue weighted by Gasteiger charge is -2.19. The van der Waals surface area contributed by atoms with Gasteiger partial charge in [-0.25, -0.2) is 0 Å². The van der Waals surface area contributed by atoms with Gasteiger partial charge in [-0.05, 0) is 73.1 Å². The molecule has 1 nitrogen and oxygen atoms in total. The van der Waals surface area contributed by atoms with E-state index in [2.05, 4.69) is 152 Å². The lowest BCUT2D eigenvalue weighted by Crippen LogP contribution is -1.93. The molecule has 0 saturated carbocycles. The zero-order valence-electron chi connectivity index (χ0n) is 22.4. The normalized spacial score (nSPS) is 13.2. The van der Waals surface area contributed by atoms with Crippen molar-refractivity contribution in [2.45, 2.75) is 0 Å². The van der Waals surface area contributed by atoms with E-state index >= 15 is 0 Å². The van der Waals surface area contributed by atoms with E-state index in [1.54, 1.807) is 0 Å². The van der Waals surface area contributed by atoms with Gasteiger partial charge in [0.15, 0.2) is 0 Å². The predicted molar refractivity (Wildman–Crippen MR) is 175 cm³/mol. The molecule has 41 heavy (non-hydrogen) atoms. The fourth-order valence-electron chi connectivity index (χ4n) is 6.09. The molecule has 0 aliphatic carbocycles. The minimum Gasteiger partial charge on any atom is -0.456 e. The molecular weight excluding hydrogens is 496 g/mol. The second-order valence-corrected chi connectivity index (χ2v) is 10.6. The van der Waals surface area contributed by atoms with E-state index in [-0.39, 0.29) is 0 Å². The Hall–Kier alpha value is -5.40. The van der Waals surface area contributed by atoms with Gasteiger partial charge < -0.3 is 4.74 Å². The van der Waals surface area contributed by atoms with Crippen LogP contribution in [-0.2, 0) is 0 Å². The highest BCUT2D eigenvalue weighted by molar-refractivity contribution is 6.20. The molecule has 2 aliphatic rings. The van der Waals surface area contributed by atoms with E-state index in [0.717, 1.165) is 27.8 Å². The minimum absolute atomic E-state index is 0.819. The summed E-state index contributed by atoms with van der Waals surface area (Å²) in [6, 6.07) is 47.5. The fraction of sp³-hybridized carbons (Fsp3) is 0. The Labute approximate surface area is 239 Å². The van der Waals surface area contributed by atoms with Crippen molar-refractivity contribution in [3.8, 4) is 22.6 Å². The first-order valence-electron chi connectivity index (χ1n) is 14.0. The number of hydrogen-bond acceptors (Lipinski definition) is 1. The Morgan fingerprint density at radius 1 is 0.390 bits per heavy atom. The van der Waals surface area contributed by atoms with Crippen LogP contribution in [0.5, 0.6) is 11.5 Å². The molecule has 0 amide bonds. The molecule has 0 fully saturated rings. The molecule has 192 valence electrons. The monoisotopic (exact) mass is 522 g/mol. The van der Waals surface area contributed by atoms with Gasteiger partial charge in [-0.3, -0.25) is 0 Å². The molecule has 0 aromatic heterocycles. The molecular formula is C40H26O. The van der Waals surface area contributed by atoms with Crippen LogP contribution in [0.4, 0.5) is 0 Å². The molecule has 0 radical (unpaired) electrons. The third kappa shape index (κ3) is 4.11. The molecule has 1 heteroatoms. The molecule has 0 unspecified atom stereocenters. The van der Waals surface area contributed by atoms with Crippen molar-refractivity contribution in [2.24, 2.45) is 0 Å². The van der Waals surface area contributed by atoms with E-state index in [1.165, 1.54) is 49.4 Å². The summed E-state index contributed by atoms with van der Waals surface area (Å²) < 4.78 is 6.78.